The zero-order valence-electron chi connectivity index (χ0n) is 30.1. The van der Waals surface area contributed by atoms with E-state index < -0.39 is 26.2 Å². The summed E-state index contributed by atoms with van der Waals surface area (Å²) in [5.41, 5.74) is 2.49. The summed E-state index contributed by atoms with van der Waals surface area (Å²) in [6, 6.07) is 17.4. The average molecular weight is 759 g/mol. The van der Waals surface area contributed by atoms with E-state index in [4.69, 9.17) is 0 Å². The van der Waals surface area contributed by atoms with E-state index in [1.54, 1.807) is 12.1 Å². The molecular formula is C37H54N6O7S2. The Hall–Kier alpha value is -3.89. The summed E-state index contributed by atoms with van der Waals surface area (Å²) >= 11 is 0. The van der Waals surface area contributed by atoms with Gasteiger partial charge in [-0.25, -0.2) is 21.6 Å². The van der Waals surface area contributed by atoms with Gasteiger partial charge in [-0.3, -0.25) is 9.03 Å². The number of urea groups is 1. The lowest BCUT2D eigenvalue weighted by atomic mass is 10.1. The summed E-state index contributed by atoms with van der Waals surface area (Å²) in [7, 11) is -7.53. The predicted octanol–water partition coefficient (Wildman–Crippen LogP) is 5.06. The van der Waals surface area contributed by atoms with Crippen LogP contribution in [0.25, 0.3) is 0 Å². The Balaban J connectivity index is 1.34. The van der Waals surface area contributed by atoms with Crippen LogP contribution in [0.2, 0.25) is 0 Å². The molecule has 4 rings (SSSR count). The minimum absolute atomic E-state index is 0.00732. The molecule has 3 aromatic rings. The molecule has 286 valence electrons. The number of piperidine rings is 1. The minimum Gasteiger partial charge on any atom is -0.506 e. The van der Waals surface area contributed by atoms with Crippen LogP contribution < -0.4 is 30.3 Å². The van der Waals surface area contributed by atoms with Crippen LogP contribution >= 0.6 is 0 Å². The topological polar surface area (TPSA) is 189 Å². The van der Waals surface area contributed by atoms with Crippen molar-refractivity contribution >= 4 is 43.1 Å². The quantitative estimate of drug-likeness (QED) is 0.0611. The van der Waals surface area contributed by atoms with E-state index in [0.29, 0.717) is 62.4 Å². The highest BCUT2D eigenvalue weighted by Gasteiger charge is 2.32. The van der Waals surface area contributed by atoms with Crippen LogP contribution in [-0.4, -0.2) is 78.1 Å². The van der Waals surface area contributed by atoms with Crippen LogP contribution in [0.4, 0.5) is 21.9 Å². The van der Waals surface area contributed by atoms with Crippen LogP contribution in [-0.2, 0) is 26.5 Å². The molecule has 1 saturated heterocycles. The van der Waals surface area contributed by atoms with Crippen LogP contribution in [0.3, 0.4) is 0 Å². The van der Waals surface area contributed by atoms with E-state index in [-0.39, 0.29) is 35.0 Å². The third kappa shape index (κ3) is 12.7. The first kappa shape index (κ1) is 40.9. The lowest BCUT2D eigenvalue weighted by Gasteiger charge is -2.35. The molecule has 13 nitrogen and oxygen atoms in total. The lowest BCUT2D eigenvalue weighted by molar-refractivity contribution is 0.175. The third-order valence-electron chi connectivity index (χ3n) is 8.94. The van der Waals surface area contributed by atoms with E-state index in [2.05, 4.69) is 32.9 Å². The molecule has 0 spiro atoms. The molecular weight excluding hydrogens is 705 g/mol. The van der Waals surface area contributed by atoms with Gasteiger partial charge in [0, 0.05) is 24.8 Å². The van der Waals surface area contributed by atoms with Crippen molar-refractivity contribution < 1.29 is 31.8 Å². The van der Waals surface area contributed by atoms with Crippen LogP contribution in [0.15, 0.2) is 71.6 Å². The van der Waals surface area contributed by atoms with Gasteiger partial charge in [-0.1, -0.05) is 57.2 Å². The molecule has 0 aliphatic carbocycles. The van der Waals surface area contributed by atoms with Gasteiger partial charge in [0.05, 0.1) is 28.6 Å². The minimum atomic E-state index is -3.93. The zero-order valence-corrected chi connectivity index (χ0v) is 31.7. The smallest absolute Gasteiger partial charge is 0.319 e. The molecule has 1 aliphatic heterocycles. The molecule has 1 heterocycles. The van der Waals surface area contributed by atoms with Gasteiger partial charge in [0.1, 0.15) is 5.75 Å². The summed E-state index contributed by atoms with van der Waals surface area (Å²) in [4.78, 5) is 12.5. The number of rotatable bonds is 20. The monoisotopic (exact) mass is 758 g/mol. The molecule has 1 fully saturated rings. The highest BCUT2D eigenvalue weighted by atomic mass is 32.2. The summed E-state index contributed by atoms with van der Waals surface area (Å²) in [6.07, 6.45) is 8.79. The number of hydrogen-bond donors (Lipinski definition) is 7. The molecule has 0 bridgehead atoms. The van der Waals surface area contributed by atoms with Gasteiger partial charge in [0.2, 0.25) is 10.0 Å². The second-order valence-corrected chi connectivity index (χ2v) is 16.8. The number of aliphatic hydroxyl groups is 1. The number of amides is 2. The molecule has 52 heavy (non-hydrogen) atoms. The lowest BCUT2D eigenvalue weighted by Crippen LogP contribution is -2.46. The number of hydrogen-bond acceptors (Lipinski definition) is 9. The van der Waals surface area contributed by atoms with Crippen molar-refractivity contribution in [3.05, 3.63) is 77.9 Å². The van der Waals surface area contributed by atoms with Crippen LogP contribution in [0.5, 0.6) is 5.75 Å². The van der Waals surface area contributed by atoms with Crippen molar-refractivity contribution in [3.8, 4) is 5.75 Å². The maximum atomic E-state index is 14.1. The summed E-state index contributed by atoms with van der Waals surface area (Å²) in [5, 5.41) is 32.7. The zero-order chi connectivity index (χ0) is 37.6. The van der Waals surface area contributed by atoms with Crippen molar-refractivity contribution in [2.75, 3.05) is 53.3 Å². The normalized spacial score (nSPS) is 14.4. The van der Waals surface area contributed by atoms with Gasteiger partial charge >= 0.3 is 6.03 Å². The van der Waals surface area contributed by atoms with Gasteiger partial charge in [-0.05, 0) is 105 Å². The summed E-state index contributed by atoms with van der Waals surface area (Å²) in [5.74, 6) is -0.241. The SMILES string of the molecule is CCCCCCCCNC(=O)Nc1ccc(S(=O)(=O)N(c2ccc(CCNC[C@H](O)c3ccc(O)c(NS(C)(=O)=O)c3)cc2)C2CCNCC2)cc1. The van der Waals surface area contributed by atoms with Gasteiger partial charge in [0.25, 0.3) is 10.0 Å². The first-order valence-corrected chi connectivity index (χ1v) is 21.4. The predicted molar refractivity (Wildman–Crippen MR) is 207 cm³/mol. The van der Waals surface area contributed by atoms with Gasteiger partial charge in [0.15, 0.2) is 0 Å². The van der Waals surface area contributed by atoms with E-state index >= 15 is 0 Å². The van der Waals surface area contributed by atoms with Crippen LogP contribution in [0.1, 0.15) is 75.5 Å². The number of aliphatic hydroxyl groups excluding tert-OH is 1. The molecule has 1 atom stereocenters. The number of phenolic OH excluding ortho intramolecular Hbond substituents is 1. The highest BCUT2D eigenvalue weighted by molar-refractivity contribution is 7.93. The summed E-state index contributed by atoms with van der Waals surface area (Å²) in [6.45, 7) is 4.91. The first-order chi connectivity index (χ1) is 24.9. The van der Waals surface area contributed by atoms with Gasteiger partial charge < -0.3 is 31.5 Å². The fraction of sp³-hybridized carbons (Fsp3) is 0.486. The first-order valence-electron chi connectivity index (χ1n) is 18.1. The molecule has 0 saturated carbocycles. The number of aromatic hydroxyl groups is 1. The number of nitrogens with one attached hydrogen (secondary N) is 5. The molecule has 3 aromatic carbocycles. The summed E-state index contributed by atoms with van der Waals surface area (Å²) < 4.78 is 55.2. The molecule has 1 aliphatic rings. The molecule has 2 amide bonds. The maximum absolute atomic E-state index is 14.1. The van der Waals surface area contributed by atoms with Crippen molar-refractivity contribution in [1.82, 2.24) is 16.0 Å². The van der Waals surface area contributed by atoms with E-state index in [0.717, 1.165) is 31.1 Å². The third-order valence-corrected chi connectivity index (χ3v) is 11.4. The highest BCUT2D eigenvalue weighted by Crippen LogP contribution is 2.31. The number of sulfonamides is 2. The Morgan fingerprint density at radius 3 is 2.25 bits per heavy atom. The Morgan fingerprint density at radius 1 is 0.904 bits per heavy atom. The van der Waals surface area contributed by atoms with Crippen molar-refractivity contribution in [2.45, 2.75) is 81.8 Å². The fourth-order valence-corrected chi connectivity index (χ4v) is 8.41. The van der Waals surface area contributed by atoms with Crippen molar-refractivity contribution in [3.63, 3.8) is 0 Å². The van der Waals surface area contributed by atoms with Crippen molar-refractivity contribution in [1.29, 1.82) is 0 Å². The number of carbonyl (C=O) groups excluding carboxylic acids is 1. The molecule has 0 aromatic heterocycles. The largest absolute Gasteiger partial charge is 0.506 e. The number of phenols is 1. The Morgan fingerprint density at radius 2 is 1.58 bits per heavy atom. The Bertz CT molecular complexity index is 1780. The fourth-order valence-electron chi connectivity index (χ4n) is 6.13. The number of nitrogens with zero attached hydrogens (tertiary/aromatic N) is 1. The Labute approximate surface area is 308 Å². The van der Waals surface area contributed by atoms with E-state index in [1.165, 1.54) is 53.9 Å². The maximum Gasteiger partial charge on any atom is 0.319 e. The average Bonchev–Trinajstić information content (AvgIpc) is 3.11. The standard InChI is InChI=1S/C37H54N6O7S2/c1-3-4-5-6-7-8-22-40-37(46)41-30-12-16-33(17-13-30)52(49,50)43(32-20-24-38-25-21-32)31-14-9-28(10-15-31)19-23-39-27-36(45)29-11-18-35(44)34(26-29)42-51(2,47)48/h9-18,26,32,36,38-39,42,44-45H,3-8,19-25,27H2,1-2H3,(H2,40,41,46)/t36-/m0/s1. The second-order valence-electron chi connectivity index (χ2n) is 13.2. The molecule has 15 heteroatoms. The number of carbonyl (C=O) groups is 1. The number of unbranched alkanes of at least 4 members (excludes halogenated alkanes) is 5. The van der Waals surface area contributed by atoms with Crippen molar-refractivity contribution in [2.24, 2.45) is 0 Å². The molecule has 0 unspecified atom stereocenters. The number of anilines is 3. The van der Waals surface area contributed by atoms with Gasteiger partial charge in [-0.2, -0.15) is 0 Å². The number of benzene rings is 3. The van der Waals surface area contributed by atoms with Crippen LogP contribution in [0, 0.1) is 0 Å². The van der Waals surface area contributed by atoms with E-state index in [9.17, 15) is 31.8 Å². The Kier molecular flexibility index (Phi) is 15.6. The molecule has 0 radical (unpaired) electrons. The second kappa shape index (κ2) is 19.8. The van der Waals surface area contributed by atoms with E-state index in [1.807, 2.05) is 24.3 Å². The molecule has 7 N–H and O–H groups in total. The van der Waals surface area contributed by atoms with Gasteiger partial charge in [-0.15, -0.1) is 0 Å².